The first kappa shape index (κ1) is 25.4. The fraction of sp³-hybridized carbons (Fsp3) is 0.741. The molecule has 1 aromatic rings. The van der Waals surface area contributed by atoms with Crippen molar-refractivity contribution >= 4 is 11.6 Å². The van der Waals surface area contributed by atoms with E-state index in [1.807, 2.05) is 30.0 Å². The Morgan fingerprint density at radius 3 is 2.47 bits per heavy atom. The average Bonchev–Trinajstić information content (AvgIpc) is 3.13. The standard InChI is InChI=1S/C27H41F2N3O2/c1-20-15-21(2)18-31(17-20)11-4-14-34-25-7-5-23(16-22(25)3)32-24(6-8-26(32)33)19-30-12-9-27(28,29)10-13-30/h5,7,16,20-21,24H,4,6,8-15,17-19H2,1-3H3. The molecule has 3 aliphatic heterocycles. The smallest absolute Gasteiger partial charge is 0.250 e. The molecular formula is C27H41F2N3O2. The Morgan fingerprint density at radius 1 is 1.09 bits per heavy atom. The van der Waals surface area contributed by atoms with E-state index in [0.717, 1.165) is 48.2 Å². The highest BCUT2D eigenvalue weighted by molar-refractivity contribution is 5.96. The minimum absolute atomic E-state index is 0.0414. The monoisotopic (exact) mass is 477 g/mol. The normalized spacial score (nSPS) is 28.4. The molecule has 1 amide bonds. The number of halogens is 2. The third kappa shape index (κ3) is 6.48. The van der Waals surface area contributed by atoms with Gasteiger partial charge in [0.2, 0.25) is 5.91 Å². The van der Waals surface area contributed by atoms with Crippen LogP contribution in [0.2, 0.25) is 0 Å². The molecule has 3 saturated heterocycles. The third-order valence-electron chi connectivity index (χ3n) is 7.64. The van der Waals surface area contributed by atoms with Crippen LogP contribution in [0.3, 0.4) is 0 Å². The van der Waals surface area contributed by atoms with Crippen molar-refractivity contribution in [2.24, 2.45) is 11.8 Å². The van der Waals surface area contributed by atoms with Gasteiger partial charge in [0.25, 0.3) is 5.92 Å². The van der Waals surface area contributed by atoms with E-state index in [0.29, 0.717) is 32.7 Å². The number of likely N-dealkylation sites (tertiary alicyclic amines) is 2. The van der Waals surface area contributed by atoms with Crippen molar-refractivity contribution in [3.05, 3.63) is 23.8 Å². The van der Waals surface area contributed by atoms with Gasteiger partial charge in [-0.25, -0.2) is 8.78 Å². The Hall–Kier alpha value is -1.73. The molecule has 4 rings (SSSR count). The predicted octanol–water partition coefficient (Wildman–Crippen LogP) is 4.97. The fourth-order valence-electron chi connectivity index (χ4n) is 6.02. The van der Waals surface area contributed by atoms with Gasteiger partial charge >= 0.3 is 0 Å². The summed E-state index contributed by atoms with van der Waals surface area (Å²) in [5.74, 6) is -0.0185. The zero-order valence-electron chi connectivity index (χ0n) is 21.1. The molecule has 0 saturated carbocycles. The number of anilines is 1. The van der Waals surface area contributed by atoms with Crippen LogP contribution in [0.1, 0.15) is 57.9 Å². The maximum atomic E-state index is 13.5. The number of benzene rings is 1. The lowest BCUT2D eigenvalue weighted by molar-refractivity contribution is -0.117. The van der Waals surface area contributed by atoms with Crippen molar-refractivity contribution in [2.45, 2.75) is 71.3 Å². The molecule has 3 heterocycles. The first-order valence-corrected chi connectivity index (χ1v) is 13.1. The summed E-state index contributed by atoms with van der Waals surface area (Å²) >= 11 is 0. The predicted molar refractivity (Wildman–Crippen MR) is 132 cm³/mol. The Balaban J connectivity index is 1.29. The molecule has 3 atom stereocenters. The number of hydrogen-bond acceptors (Lipinski definition) is 4. The van der Waals surface area contributed by atoms with Crippen molar-refractivity contribution in [3.8, 4) is 5.75 Å². The lowest BCUT2D eigenvalue weighted by Crippen LogP contribution is -2.46. The maximum Gasteiger partial charge on any atom is 0.250 e. The van der Waals surface area contributed by atoms with Crippen molar-refractivity contribution in [2.75, 3.05) is 50.8 Å². The van der Waals surface area contributed by atoms with Crippen LogP contribution in [-0.4, -0.2) is 73.5 Å². The van der Waals surface area contributed by atoms with Crippen LogP contribution in [0.15, 0.2) is 18.2 Å². The van der Waals surface area contributed by atoms with E-state index in [4.69, 9.17) is 4.74 Å². The number of hydrogen-bond donors (Lipinski definition) is 0. The van der Waals surface area contributed by atoms with Crippen molar-refractivity contribution in [1.29, 1.82) is 0 Å². The molecular weight excluding hydrogens is 436 g/mol. The second-order valence-corrected chi connectivity index (χ2v) is 11.0. The minimum Gasteiger partial charge on any atom is -0.493 e. The Morgan fingerprint density at radius 2 is 1.79 bits per heavy atom. The van der Waals surface area contributed by atoms with Crippen molar-refractivity contribution < 1.29 is 18.3 Å². The summed E-state index contributed by atoms with van der Waals surface area (Å²) in [6, 6.07) is 6.01. The van der Waals surface area contributed by atoms with E-state index >= 15 is 0 Å². The molecule has 7 heteroatoms. The lowest BCUT2D eigenvalue weighted by Gasteiger charge is -2.35. The van der Waals surface area contributed by atoms with Gasteiger partial charge in [-0.1, -0.05) is 13.8 Å². The van der Waals surface area contributed by atoms with Crippen LogP contribution in [0.5, 0.6) is 5.75 Å². The molecule has 0 aromatic heterocycles. The van der Waals surface area contributed by atoms with Gasteiger partial charge in [-0.05, 0) is 61.8 Å². The Labute approximate surface area is 203 Å². The zero-order valence-corrected chi connectivity index (χ0v) is 21.1. The summed E-state index contributed by atoms with van der Waals surface area (Å²) < 4.78 is 33.1. The summed E-state index contributed by atoms with van der Waals surface area (Å²) in [6.45, 7) is 12.3. The maximum absolute atomic E-state index is 13.5. The molecule has 0 radical (unpaired) electrons. The topological polar surface area (TPSA) is 36.0 Å². The number of alkyl halides is 2. The van der Waals surface area contributed by atoms with E-state index in [1.54, 1.807) is 0 Å². The summed E-state index contributed by atoms with van der Waals surface area (Å²) in [7, 11) is 0. The molecule has 1 aromatic carbocycles. The molecule has 3 unspecified atom stereocenters. The van der Waals surface area contributed by atoms with Gasteiger partial charge in [-0.2, -0.15) is 0 Å². The third-order valence-corrected chi connectivity index (χ3v) is 7.64. The number of piperidine rings is 2. The van der Waals surface area contributed by atoms with Crippen molar-refractivity contribution in [1.82, 2.24) is 9.80 Å². The molecule has 5 nitrogen and oxygen atoms in total. The second-order valence-electron chi connectivity index (χ2n) is 11.0. The van der Waals surface area contributed by atoms with E-state index in [-0.39, 0.29) is 24.8 Å². The Kier molecular flexibility index (Phi) is 8.13. The highest BCUT2D eigenvalue weighted by atomic mass is 19.3. The molecule has 0 aliphatic carbocycles. The van der Waals surface area contributed by atoms with E-state index in [2.05, 4.69) is 23.6 Å². The molecule has 190 valence electrons. The van der Waals surface area contributed by atoms with Gasteiger partial charge in [0.1, 0.15) is 5.75 Å². The quantitative estimate of drug-likeness (QED) is 0.496. The number of carbonyl (C=O) groups excluding carboxylic acids is 1. The van der Waals surface area contributed by atoms with Crippen LogP contribution in [0.25, 0.3) is 0 Å². The van der Waals surface area contributed by atoms with Crippen molar-refractivity contribution in [3.63, 3.8) is 0 Å². The van der Waals surface area contributed by atoms with Gasteiger partial charge < -0.3 is 19.4 Å². The molecule has 3 aliphatic rings. The lowest BCUT2D eigenvalue weighted by atomic mass is 9.92. The summed E-state index contributed by atoms with van der Waals surface area (Å²) in [5.41, 5.74) is 1.91. The fourth-order valence-corrected chi connectivity index (χ4v) is 6.02. The number of carbonyl (C=O) groups is 1. The largest absolute Gasteiger partial charge is 0.493 e. The van der Waals surface area contributed by atoms with Gasteiger partial charge in [0.05, 0.1) is 12.6 Å². The highest BCUT2D eigenvalue weighted by Crippen LogP contribution is 2.33. The van der Waals surface area contributed by atoms with E-state index < -0.39 is 5.92 Å². The van der Waals surface area contributed by atoms with Crippen LogP contribution >= 0.6 is 0 Å². The van der Waals surface area contributed by atoms with Gasteiger partial charge in [0, 0.05) is 64.2 Å². The summed E-state index contributed by atoms with van der Waals surface area (Å²) in [4.78, 5) is 19.2. The SMILES string of the molecule is Cc1cc(N2C(=O)CCC2CN2CCC(F)(F)CC2)ccc1OCCCN1CC(C)CC(C)C1. The first-order valence-electron chi connectivity index (χ1n) is 13.1. The highest BCUT2D eigenvalue weighted by Gasteiger charge is 2.38. The molecule has 34 heavy (non-hydrogen) atoms. The zero-order chi connectivity index (χ0) is 24.3. The molecule has 0 N–H and O–H groups in total. The van der Waals surface area contributed by atoms with Gasteiger partial charge in [-0.15, -0.1) is 0 Å². The molecule has 0 spiro atoms. The number of aryl methyl sites for hydroxylation is 1. The Bertz CT molecular complexity index is 829. The van der Waals surface area contributed by atoms with E-state index in [9.17, 15) is 13.6 Å². The molecule has 3 fully saturated rings. The first-order chi connectivity index (χ1) is 16.2. The second kappa shape index (κ2) is 10.9. The van der Waals surface area contributed by atoms with Crippen LogP contribution in [-0.2, 0) is 4.79 Å². The number of rotatable bonds is 8. The number of ether oxygens (including phenoxy) is 1. The van der Waals surface area contributed by atoms with Gasteiger partial charge in [-0.3, -0.25) is 4.79 Å². The van der Waals surface area contributed by atoms with Gasteiger partial charge in [0.15, 0.2) is 0 Å². The number of amides is 1. The summed E-state index contributed by atoms with van der Waals surface area (Å²) in [5, 5.41) is 0. The summed E-state index contributed by atoms with van der Waals surface area (Å²) in [6.07, 6.45) is 3.44. The number of nitrogens with zero attached hydrogens (tertiary/aromatic N) is 3. The van der Waals surface area contributed by atoms with E-state index in [1.165, 1.54) is 19.5 Å². The van der Waals surface area contributed by atoms with Crippen LogP contribution < -0.4 is 9.64 Å². The molecule has 0 bridgehead atoms. The van der Waals surface area contributed by atoms with Crippen LogP contribution in [0, 0.1) is 18.8 Å². The van der Waals surface area contributed by atoms with Crippen LogP contribution in [0.4, 0.5) is 14.5 Å². The average molecular weight is 478 g/mol. The minimum atomic E-state index is -2.54.